The van der Waals surface area contributed by atoms with Crippen LogP contribution in [-0.2, 0) is 30.1 Å². The average molecular weight is 1180 g/mol. The second-order valence-electron chi connectivity index (χ2n) is 17.5. The summed E-state index contributed by atoms with van der Waals surface area (Å²) >= 11 is 0. The van der Waals surface area contributed by atoms with Crippen molar-refractivity contribution < 1.29 is 70.4 Å². The lowest BCUT2D eigenvalue weighted by molar-refractivity contribution is -0.138. The van der Waals surface area contributed by atoms with Crippen molar-refractivity contribution in [3.63, 3.8) is 0 Å². The molecule has 0 aliphatic rings. The molecule has 12 aromatic rings. The fourth-order valence-electron chi connectivity index (χ4n) is 8.26. The first kappa shape index (κ1) is 60.6. The molecule has 0 radical (unpaired) electrons. The molecule has 8 aromatic carbocycles. The number of halogens is 12. The Balaban J connectivity index is 0.000000141. The molecule has 0 spiro atoms. The summed E-state index contributed by atoms with van der Waals surface area (Å²) in [4.78, 5) is 0. The topological polar surface area (TPSA) is 156 Å². The van der Waals surface area contributed by atoms with E-state index in [-0.39, 0.29) is 51.2 Å². The fourth-order valence-corrected chi connectivity index (χ4v) is 8.26. The van der Waals surface area contributed by atoms with Crippen LogP contribution in [0.2, 0.25) is 0 Å². The van der Waals surface area contributed by atoms with Gasteiger partial charge in [-0.25, -0.2) is 0 Å². The molecule has 0 fully saturated rings. The molecule has 432 valence electrons. The van der Waals surface area contributed by atoms with Gasteiger partial charge in [0, 0.05) is 22.3 Å². The van der Waals surface area contributed by atoms with Gasteiger partial charge in [0.1, 0.15) is 0 Å². The van der Waals surface area contributed by atoms with Gasteiger partial charge in [0.05, 0.1) is 27.7 Å². The summed E-state index contributed by atoms with van der Waals surface area (Å²) in [7, 11) is 0. The van der Waals surface area contributed by atoms with Gasteiger partial charge in [0.25, 0.3) is 0 Å². The normalized spacial score (nSPS) is 11.5. The van der Waals surface area contributed by atoms with Gasteiger partial charge in [-0.05, 0) is 95.1 Å². The third kappa shape index (κ3) is 15.9. The van der Waals surface area contributed by atoms with Gasteiger partial charge in [-0.2, -0.15) is 52.7 Å². The van der Waals surface area contributed by atoms with Gasteiger partial charge in [0.2, 0.25) is 49.1 Å². The lowest BCUT2D eigenvalue weighted by atomic mass is 9.65. The van der Waals surface area contributed by atoms with E-state index in [1.165, 1.54) is 70.8 Å². The summed E-state index contributed by atoms with van der Waals surface area (Å²) in [6.45, 7) is 0. The van der Waals surface area contributed by atoms with E-state index in [0.717, 1.165) is 74.1 Å². The van der Waals surface area contributed by atoms with Crippen LogP contribution >= 0.6 is 0 Å². The van der Waals surface area contributed by atoms with Crippen LogP contribution < -0.4 is 0 Å². The number of hydrogen-bond acceptors (Lipinski definition) is 12. The van der Waals surface area contributed by atoms with E-state index in [4.69, 9.17) is 17.7 Å². The molecule has 0 saturated heterocycles. The van der Waals surface area contributed by atoms with Crippen molar-refractivity contribution in [2.45, 2.75) is 30.1 Å². The molecule has 0 saturated carbocycles. The van der Waals surface area contributed by atoms with E-state index in [0.29, 0.717) is 0 Å². The summed E-state index contributed by atoms with van der Waals surface area (Å²) in [6, 6.07) is 62.0. The van der Waals surface area contributed by atoms with Crippen LogP contribution in [0.5, 0.6) is 0 Å². The Morgan fingerprint density at radius 2 is 0.412 bits per heavy atom. The van der Waals surface area contributed by atoms with E-state index >= 15 is 0 Å². The molecule has 12 rings (SSSR count). The Kier molecular flexibility index (Phi) is 19.3. The van der Waals surface area contributed by atoms with E-state index in [1.807, 2.05) is 0 Å². The standard InChI is InChI=1S/C25H20.4C9H5F3N2O/c1-5-13-21(14-6-1)25(22-15-7-2-8-16-22,23-17-9-3-10-18-23)24-19-11-4-12-20-24;4*10-9(11,12)7-3-1-2-6(4-7)8-14-13-5-15-8/h1-20H;4*1-5H. The zero-order chi connectivity index (χ0) is 60.5. The highest BCUT2D eigenvalue weighted by Gasteiger charge is 2.38. The predicted molar refractivity (Wildman–Crippen MR) is 284 cm³/mol. The van der Waals surface area contributed by atoms with Crippen LogP contribution in [0, 0.1) is 0 Å². The van der Waals surface area contributed by atoms with Crippen molar-refractivity contribution in [1.29, 1.82) is 0 Å². The Morgan fingerprint density at radius 1 is 0.224 bits per heavy atom. The van der Waals surface area contributed by atoms with Crippen molar-refractivity contribution in [1.82, 2.24) is 40.8 Å². The minimum atomic E-state index is -4.37. The quantitative estimate of drug-likeness (QED) is 0.105. The van der Waals surface area contributed by atoms with E-state index in [1.54, 1.807) is 0 Å². The molecule has 85 heavy (non-hydrogen) atoms. The number of hydrogen-bond donors (Lipinski definition) is 0. The second-order valence-corrected chi connectivity index (χ2v) is 17.5. The maximum atomic E-state index is 12.3. The summed E-state index contributed by atoms with van der Waals surface area (Å²) in [5.41, 5.74) is 2.84. The van der Waals surface area contributed by atoms with Crippen molar-refractivity contribution in [2.75, 3.05) is 0 Å². The summed E-state index contributed by atoms with van der Waals surface area (Å²) in [6.07, 6.45) is -13.2. The van der Waals surface area contributed by atoms with Crippen LogP contribution in [0.1, 0.15) is 44.5 Å². The smallest absolute Gasteiger partial charge is 0.416 e. The molecular weight excluding hydrogens is 1140 g/mol. The van der Waals surface area contributed by atoms with E-state index in [2.05, 4.69) is 162 Å². The van der Waals surface area contributed by atoms with Crippen molar-refractivity contribution in [3.8, 4) is 45.8 Å². The first-order valence-corrected chi connectivity index (χ1v) is 24.7. The third-order valence-corrected chi connectivity index (χ3v) is 12.0. The van der Waals surface area contributed by atoms with Crippen molar-refractivity contribution in [3.05, 3.63) is 288 Å². The molecular formula is C61H40F12N8O4. The molecule has 4 heterocycles. The molecule has 24 heteroatoms. The maximum absolute atomic E-state index is 12.3. The monoisotopic (exact) mass is 1180 g/mol. The highest BCUT2D eigenvalue weighted by Crippen LogP contribution is 2.45. The minimum Gasteiger partial charge on any atom is -0.423 e. The lowest BCUT2D eigenvalue weighted by Gasteiger charge is -2.36. The Labute approximate surface area is 474 Å². The molecule has 0 amide bonds. The van der Waals surface area contributed by atoms with E-state index < -0.39 is 47.0 Å². The highest BCUT2D eigenvalue weighted by atomic mass is 19.4. The molecule has 0 unspecified atom stereocenters. The summed E-state index contributed by atoms with van der Waals surface area (Å²) < 4.78 is 167. The summed E-state index contributed by atoms with van der Waals surface area (Å²) in [5.74, 6) is 0.282. The van der Waals surface area contributed by atoms with Crippen molar-refractivity contribution >= 4 is 0 Å². The van der Waals surface area contributed by atoms with Crippen LogP contribution in [0.25, 0.3) is 45.8 Å². The van der Waals surface area contributed by atoms with Crippen LogP contribution in [0.4, 0.5) is 52.7 Å². The van der Waals surface area contributed by atoms with Gasteiger partial charge >= 0.3 is 24.7 Å². The molecule has 0 atom stereocenters. The lowest BCUT2D eigenvalue weighted by Crippen LogP contribution is -2.30. The van der Waals surface area contributed by atoms with Gasteiger partial charge in [0.15, 0.2) is 0 Å². The van der Waals surface area contributed by atoms with Crippen LogP contribution in [0.3, 0.4) is 0 Å². The fraction of sp³-hybridized carbons (Fsp3) is 0.0820. The molecule has 0 aliphatic heterocycles. The third-order valence-electron chi connectivity index (χ3n) is 12.0. The summed E-state index contributed by atoms with van der Waals surface area (Å²) in [5, 5.41) is 27.7. The second kappa shape index (κ2) is 27.0. The number of rotatable bonds is 8. The minimum absolute atomic E-state index is 0.0705. The molecule has 0 bridgehead atoms. The number of alkyl halides is 12. The molecule has 0 aliphatic carbocycles. The zero-order valence-corrected chi connectivity index (χ0v) is 43.3. The Morgan fingerprint density at radius 3 is 0.576 bits per heavy atom. The van der Waals surface area contributed by atoms with Gasteiger partial charge in [-0.1, -0.05) is 146 Å². The van der Waals surface area contributed by atoms with Gasteiger partial charge in [-0.3, -0.25) is 0 Å². The first-order chi connectivity index (χ1) is 40.7. The van der Waals surface area contributed by atoms with Gasteiger partial charge < -0.3 is 17.7 Å². The predicted octanol–water partition coefficient (Wildman–Crippen LogP) is 17.1. The average Bonchev–Trinajstić information content (AvgIpc) is 1.80. The number of benzene rings is 8. The number of aromatic nitrogens is 8. The SMILES string of the molecule is FC(F)(F)c1cccc(-c2nnco2)c1.FC(F)(F)c1cccc(-c2nnco2)c1.FC(F)(F)c1cccc(-c2nnco2)c1.FC(F)(F)c1cccc(-c2nnco2)c1.c1ccc(C(c2ccccc2)(c2ccccc2)c2ccccc2)cc1. The van der Waals surface area contributed by atoms with Crippen molar-refractivity contribution in [2.24, 2.45) is 0 Å². The Bertz CT molecular complexity index is 3380. The van der Waals surface area contributed by atoms with Gasteiger partial charge in [-0.15, -0.1) is 40.8 Å². The highest BCUT2D eigenvalue weighted by molar-refractivity contribution is 5.60. The van der Waals surface area contributed by atoms with Crippen LogP contribution in [-0.4, -0.2) is 40.8 Å². The largest absolute Gasteiger partial charge is 0.423 e. The molecule has 0 N–H and O–H groups in total. The van der Waals surface area contributed by atoms with E-state index in [9.17, 15) is 52.7 Å². The number of nitrogens with zero attached hydrogens (tertiary/aromatic N) is 8. The molecule has 12 nitrogen and oxygen atoms in total. The first-order valence-electron chi connectivity index (χ1n) is 24.7. The maximum Gasteiger partial charge on any atom is 0.416 e. The zero-order valence-electron chi connectivity index (χ0n) is 43.3. The Hall–Kier alpha value is -10.5. The molecule has 4 aromatic heterocycles. The van der Waals surface area contributed by atoms with Crippen LogP contribution in [0.15, 0.2) is 262 Å².